The molecule has 134 valence electrons. The predicted octanol–water partition coefficient (Wildman–Crippen LogP) is 3.39. The zero-order chi connectivity index (χ0) is 18.1. The predicted molar refractivity (Wildman–Crippen MR) is 101 cm³/mol. The second-order valence-electron chi connectivity index (χ2n) is 5.66. The van der Waals surface area contributed by atoms with Crippen LogP contribution in [0.3, 0.4) is 0 Å². The van der Waals surface area contributed by atoms with Crippen molar-refractivity contribution in [1.29, 1.82) is 0 Å². The molecule has 9 heteroatoms. The molecule has 1 N–H and O–H groups in total. The summed E-state index contributed by atoms with van der Waals surface area (Å²) in [5, 5.41) is 13.7. The number of fused-ring (bicyclic) bond motifs is 1. The molecule has 1 unspecified atom stereocenters. The highest BCUT2D eigenvalue weighted by atomic mass is 32.2. The van der Waals surface area contributed by atoms with Gasteiger partial charge in [0.05, 0.1) is 10.1 Å². The minimum absolute atomic E-state index is 0.116. The van der Waals surface area contributed by atoms with Gasteiger partial charge < -0.3 is 19.4 Å². The van der Waals surface area contributed by atoms with Gasteiger partial charge in [-0.15, -0.1) is 21.5 Å². The van der Waals surface area contributed by atoms with Gasteiger partial charge in [-0.25, -0.2) is 0 Å². The Morgan fingerprint density at radius 3 is 2.96 bits per heavy atom. The first-order chi connectivity index (χ1) is 12.6. The third kappa shape index (κ3) is 3.27. The number of aromatic nitrogens is 3. The summed E-state index contributed by atoms with van der Waals surface area (Å²) >= 11 is 2.97. The lowest BCUT2D eigenvalue weighted by molar-refractivity contribution is -0.115. The van der Waals surface area contributed by atoms with Gasteiger partial charge in [0.1, 0.15) is 0 Å². The first-order valence-electron chi connectivity index (χ1n) is 7.92. The molecule has 1 atom stereocenters. The summed E-state index contributed by atoms with van der Waals surface area (Å²) in [5.41, 5.74) is 0.670. The lowest BCUT2D eigenvalue weighted by atomic mass is 10.2. The molecule has 0 radical (unpaired) electrons. The number of nitrogens with zero attached hydrogens (tertiary/aromatic N) is 3. The molecule has 1 aliphatic heterocycles. The number of nitrogens with one attached hydrogen (secondary N) is 1. The van der Waals surface area contributed by atoms with Crippen molar-refractivity contribution in [3.8, 4) is 22.2 Å². The van der Waals surface area contributed by atoms with Crippen LogP contribution in [0.2, 0.25) is 0 Å². The van der Waals surface area contributed by atoms with Gasteiger partial charge in [-0.2, -0.15) is 0 Å². The van der Waals surface area contributed by atoms with Crippen LogP contribution in [-0.2, 0) is 11.8 Å². The fourth-order valence-electron chi connectivity index (χ4n) is 2.47. The molecule has 0 spiro atoms. The Labute approximate surface area is 158 Å². The fourth-order valence-corrected chi connectivity index (χ4v) is 4.03. The van der Waals surface area contributed by atoms with Crippen molar-refractivity contribution < 1.29 is 14.3 Å². The normalized spacial score (nSPS) is 13.6. The number of hydrogen-bond acceptors (Lipinski definition) is 7. The maximum Gasteiger partial charge on any atom is 0.237 e. The van der Waals surface area contributed by atoms with Gasteiger partial charge in [-0.1, -0.05) is 17.8 Å². The van der Waals surface area contributed by atoms with Crippen molar-refractivity contribution in [2.45, 2.75) is 17.3 Å². The Kier molecular flexibility index (Phi) is 4.56. The number of amides is 1. The third-order valence-corrected chi connectivity index (χ3v) is 5.87. The average molecular weight is 388 g/mol. The molecule has 26 heavy (non-hydrogen) atoms. The van der Waals surface area contributed by atoms with Gasteiger partial charge in [0.15, 0.2) is 22.5 Å². The van der Waals surface area contributed by atoms with E-state index in [1.165, 1.54) is 11.8 Å². The van der Waals surface area contributed by atoms with E-state index in [-0.39, 0.29) is 18.0 Å². The second-order valence-corrected chi connectivity index (χ2v) is 7.92. The van der Waals surface area contributed by atoms with Crippen LogP contribution in [0.1, 0.15) is 6.92 Å². The number of thiophene rings is 1. The first-order valence-corrected chi connectivity index (χ1v) is 9.68. The van der Waals surface area contributed by atoms with Crippen molar-refractivity contribution in [3.63, 3.8) is 0 Å². The number of carbonyl (C=O) groups is 1. The zero-order valence-electron chi connectivity index (χ0n) is 14.1. The number of carbonyl (C=O) groups excluding carboxylic acids is 1. The topological polar surface area (TPSA) is 78.3 Å². The highest BCUT2D eigenvalue weighted by Crippen LogP contribution is 2.34. The van der Waals surface area contributed by atoms with E-state index in [4.69, 9.17) is 9.47 Å². The van der Waals surface area contributed by atoms with Crippen LogP contribution in [0.5, 0.6) is 11.5 Å². The maximum absolute atomic E-state index is 12.5. The summed E-state index contributed by atoms with van der Waals surface area (Å²) < 4.78 is 12.5. The molecule has 7 nitrogen and oxygen atoms in total. The minimum Gasteiger partial charge on any atom is -0.454 e. The summed E-state index contributed by atoms with van der Waals surface area (Å²) in [5.74, 6) is 2.00. The van der Waals surface area contributed by atoms with Crippen molar-refractivity contribution in [2.75, 3.05) is 12.1 Å². The highest BCUT2D eigenvalue weighted by molar-refractivity contribution is 8.00. The maximum atomic E-state index is 12.5. The molecule has 3 aromatic rings. The second kappa shape index (κ2) is 7.00. The molecule has 0 fully saturated rings. The van der Waals surface area contributed by atoms with Crippen LogP contribution >= 0.6 is 23.1 Å². The summed E-state index contributed by atoms with van der Waals surface area (Å²) in [6, 6.07) is 9.31. The van der Waals surface area contributed by atoms with E-state index in [0.717, 1.165) is 10.7 Å². The number of rotatable bonds is 5. The van der Waals surface area contributed by atoms with E-state index in [1.807, 2.05) is 36.1 Å². The molecule has 0 saturated carbocycles. The van der Waals surface area contributed by atoms with Gasteiger partial charge in [0.2, 0.25) is 12.7 Å². The molecule has 0 aliphatic carbocycles. The third-order valence-electron chi connectivity index (χ3n) is 3.87. The van der Waals surface area contributed by atoms with Crippen molar-refractivity contribution >= 4 is 34.7 Å². The van der Waals surface area contributed by atoms with Crippen LogP contribution < -0.4 is 14.8 Å². The first kappa shape index (κ1) is 16.9. The lowest BCUT2D eigenvalue weighted by Gasteiger charge is -2.12. The van der Waals surface area contributed by atoms with Crippen LogP contribution in [0.4, 0.5) is 5.69 Å². The molecule has 1 aliphatic rings. The average Bonchev–Trinajstić information content (AvgIpc) is 3.36. The monoisotopic (exact) mass is 388 g/mol. The summed E-state index contributed by atoms with van der Waals surface area (Å²) in [7, 11) is 1.90. The van der Waals surface area contributed by atoms with Crippen molar-refractivity contribution in [3.05, 3.63) is 35.7 Å². The number of anilines is 1. The lowest BCUT2D eigenvalue weighted by Crippen LogP contribution is -2.22. The van der Waals surface area contributed by atoms with Gasteiger partial charge >= 0.3 is 0 Å². The Hall–Kier alpha value is -2.52. The fraction of sp³-hybridized carbons (Fsp3) is 0.235. The largest absolute Gasteiger partial charge is 0.454 e. The molecule has 3 heterocycles. The van der Waals surface area contributed by atoms with E-state index in [9.17, 15) is 4.79 Å². The summed E-state index contributed by atoms with van der Waals surface area (Å²) in [6.07, 6.45) is 0. The van der Waals surface area contributed by atoms with Gasteiger partial charge in [-0.3, -0.25) is 4.79 Å². The van der Waals surface area contributed by atoms with Crippen LogP contribution in [0.15, 0.2) is 40.9 Å². The number of hydrogen-bond donors (Lipinski definition) is 1. The molecule has 0 bridgehead atoms. The van der Waals surface area contributed by atoms with Gasteiger partial charge in [0.25, 0.3) is 0 Å². The molecule has 0 saturated heterocycles. The van der Waals surface area contributed by atoms with E-state index in [2.05, 4.69) is 15.5 Å². The molecule has 1 amide bonds. The van der Waals surface area contributed by atoms with E-state index in [0.29, 0.717) is 22.3 Å². The summed E-state index contributed by atoms with van der Waals surface area (Å²) in [4.78, 5) is 13.6. The Balaban J connectivity index is 1.43. The van der Waals surface area contributed by atoms with E-state index >= 15 is 0 Å². The van der Waals surface area contributed by atoms with Crippen LogP contribution in [-0.4, -0.2) is 32.7 Å². The van der Waals surface area contributed by atoms with Gasteiger partial charge in [-0.05, 0) is 30.5 Å². The van der Waals surface area contributed by atoms with Crippen molar-refractivity contribution in [2.24, 2.45) is 7.05 Å². The SMILES string of the molecule is CC(Sc1nnc(-c2cccs2)n1C)C(=O)Nc1ccc2c(c1)OCO2. The molecular formula is C17H16N4O3S2. The molecule has 2 aromatic heterocycles. The Morgan fingerprint density at radius 1 is 1.31 bits per heavy atom. The van der Waals surface area contributed by atoms with Gasteiger partial charge in [0, 0.05) is 18.8 Å². The zero-order valence-corrected chi connectivity index (χ0v) is 15.8. The molecular weight excluding hydrogens is 372 g/mol. The molecule has 1 aromatic carbocycles. The van der Waals surface area contributed by atoms with Crippen LogP contribution in [0, 0.1) is 0 Å². The standard InChI is InChI=1S/C17H16N4O3S2/c1-10(16(22)18-11-5-6-12-13(8-11)24-9-23-12)26-17-20-19-15(21(17)2)14-4-3-7-25-14/h3-8,10H,9H2,1-2H3,(H,18,22). The summed E-state index contributed by atoms with van der Waals surface area (Å²) in [6.45, 7) is 2.05. The Morgan fingerprint density at radius 2 is 2.15 bits per heavy atom. The Bertz CT molecular complexity index is 940. The molecule has 4 rings (SSSR count). The quantitative estimate of drug-likeness (QED) is 0.675. The van der Waals surface area contributed by atoms with E-state index in [1.54, 1.807) is 29.5 Å². The number of thioether (sulfide) groups is 1. The highest BCUT2D eigenvalue weighted by Gasteiger charge is 2.21. The smallest absolute Gasteiger partial charge is 0.237 e. The van der Waals surface area contributed by atoms with Crippen molar-refractivity contribution in [1.82, 2.24) is 14.8 Å². The van der Waals surface area contributed by atoms with E-state index < -0.39 is 0 Å². The minimum atomic E-state index is -0.334. The van der Waals surface area contributed by atoms with Crippen LogP contribution in [0.25, 0.3) is 10.7 Å². The number of ether oxygens (including phenoxy) is 2. The number of benzene rings is 1.